The largest absolute Gasteiger partial charge is 0.496 e. The first kappa shape index (κ1) is 15.0. The molecule has 0 saturated carbocycles. The van der Waals surface area contributed by atoms with Crippen LogP contribution in [0.3, 0.4) is 0 Å². The van der Waals surface area contributed by atoms with E-state index in [9.17, 15) is 22.4 Å². The standard InChI is InChI=1S/C15H10F4O2/c1-21-12-4-2-3-11(16)13(12)14(20)9-5-7-10(8-6-9)15(17,18)19/h2-8H,1H3. The zero-order chi connectivity index (χ0) is 15.6. The van der Waals surface area contributed by atoms with Gasteiger partial charge in [0.1, 0.15) is 17.1 Å². The summed E-state index contributed by atoms with van der Waals surface area (Å²) in [6.45, 7) is 0. The maximum atomic E-state index is 13.8. The van der Waals surface area contributed by atoms with Gasteiger partial charge in [0, 0.05) is 5.56 Å². The van der Waals surface area contributed by atoms with Gasteiger partial charge in [-0.05, 0) is 24.3 Å². The zero-order valence-electron chi connectivity index (χ0n) is 10.9. The number of ether oxygens (including phenoxy) is 1. The third-order valence-corrected chi connectivity index (χ3v) is 2.90. The van der Waals surface area contributed by atoms with Gasteiger partial charge in [-0.15, -0.1) is 0 Å². The second-order valence-corrected chi connectivity index (χ2v) is 4.22. The quantitative estimate of drug-likeness (QED) is 0.630. The van der Waals surface area contributed by atoms with Crippen LogP contribution in [0.4, 0.5) is 17.6 Å². The van der Waals surface area contributed by atoms with Crippen LogP contribution in [0, 0.1) is 5.82 Å². The van der Waals surface area contributed by atoms with Gasteiger partial charge in [0.15, 0.2) is 5.78 Å². The number of halogens is 4. The van der Waals surface area contributed by atoms with E-state index in [1.807, 2.05) is 0 Å². The molecule has 0 aliphatic carbocycles. The molecular formula is C15H10F4O2. The number of hydrogen-bond acceptors (Lipinski definition) is 2. The van der Waals surface area contributed by atoms with E-state index in [2.05, 4.69) is 0 Å². The molecule has 0 heterocycles. The SMILES string of the molecule is COc1cccc(F)c1C(=O)c1ccc(C(F)(F)F)cc1. The Balaban J connectivity index is 2.42. The molecule has 21 heavy (non-hydrogen) atoms. The number of benzene rings is 2. The Morgan fingerprint density at radius 1 is 1.05 bits per heavy atom. The number of alkyl halides is 3. The van der Waals surface area contributed by atoms with E-state index in [-0.39, 0.29) is 16.9 Å². The summed E-state index contributed by atoms with van der Waals surface area (Å²) in [6, 6.07) is 7.44. The minimum Gasteiger partial charge on any atom is -0.496 e. The molecule has 6 heteroatoms. The summed E-state index contributed by atoms with van der Waals surface area (Å²) >= 11 is 0. The highest BCUT2D eigenvalue weighted by Gasteiger charge is 2.30. The van der Waals surface area contributed by atoms with Crippen molar-refractivity contribution in [3.8, 4) is 5.75 Å². The van der Waals surface area contributed by atoms with E-state index < -0.39 is 23.3 Å². The molecule has 0 spiro atoms. The van der Waals surface area contributed by atoms with Crippen molar-refractivity contribution in [2.24, 2.45) is 0 Å². The Morgan fingerprint density at radius 3 is 2.19 bits per heavy atom. The van der Waals surface area contributed by atoms with Gasteiger partial charge in [-0.25, -0.2) is 4.39 Å². The monoisotopic (exact) mass is 298 g/mol. The Labute approximate surface area is 118 Å². The minimum atomic E-state index is -4.49. The molecule has 0 radical (unpaired) electrons. The summed E-state index contributed by atoms with van der Waals surface area (Å²) in [5.41, 5.74) is -1.23. The minimum absolute atomic E-state index is 0.0277. The Kier molecular flexibility index (Phi) is 3.97. The molecule has 0 saturated heterocycles. The summed E-state index contributed by atoms with van der Waals surface area (Å²) in [7, 11) is 1.28. The Hall–Kier alpha value is -2.37. The molecule has 0 unspecified atom stereocenters. The number of ketones is 1. The van der Waals surface area contributed by atoms with Crippen molar-refractivity contribution in [1.82, 2.24) is 0 Å². The molecule has 0 fully saturated rings. The molecular weight excluding hydrogens is 288 g/mol. The lowest BCUT2D eigenvalue weighted by atomic mass is 10.0. The number of hydrogen-bond donors (Lipinski definition) is 0. The summed E-state index contributed by atoms with van der Waals surface area (Å²) in [6.07, 6.45) is -4.49. The highest BCUT2D eigenvalue weighted by molar-refractivity contribution is 6.10. The van der Waals surface area contributed by atoms with Crippen LogP contribution in [0.2, 0.25) is 0 Å². The molecule has 0 aliphatic heterocycles. The molecule has 0 aliphatic rings. The molecule has 2 rings (SSSR count). The zero-order valence-corrected chi connectivity index (χ0v) is 10.9. The van der Waals surface area contributed by atoms with E-state index in [1.54, 1.807) is 0 Å². The van der Waals surface area contributed by atoms with Crippen LogP contribution in [0.25, 0.3) is 0 Å². The van der Waals surface area contributed by atoms with Crippen LogP contribution >= 0.6 is 0 Å². The maximum Gasteiger partial charge on any atom is 0.416 e. The summed E-state index contributed by atoms with van der Waals surface area (Å²) in [4.78, 5) is 12.2. The van der Waals surface area contributed by atoms with E-state index in [4.69, 9.17) is 4.74 Å². The fraction of sp³-hybridized carbons (Fsp3) is 0.133. The van der Waals surface area contributed by atoms with Gasteiger partial charge in [-0.2, -0.15) is 13.2 Å². The fourth-order valence-electron chi connectivity index (χ4n) is 1.85. The van der Waals surface area contributed by atoms with Crippen LogP contribution < -0.4 is 4.74 Å². The van der Waals surface area contributed by atoms with Crippen molar-refractivity contribution in [3.05, 3.63) is 65.0 Å². The number of carbonyl (C=O) groups excluding carboxylic acids is 1. The van der Waals surface area contributed by atoms with Gasteiger partial charge < -0.3 is 4.74 Å². The van der Waals surface area contributed by atoms with E-state index in [1.165, 1.54) is 19.2 Å². The molecule has 0 bridgehead atoms. The molecule has 2 aromatic carbocycles. The van der Waals surface area contributed by atoms with Crippen LogP contribution in [-0.2, 0) is 6.18 Å². The molecule has 0 amide bonds. The first-order valence-electron chi connectivity index (χ1n) is 5.89. The molecule has 2 aromatic rings. The van der Waals surface area contributed by atoms with Gasteiger partial charge in [0.2, 0.25) is 0 Å². The third-order valence-electron chi connectivity index (χ3n) is 2.90. The molecule has 110 valence electrons. The lowest BCUT2D eigenvalue weighted by Gasteiger charge is -2.10. The van der Waals surface area contributed by atoms with Crippen molar-refractivity contribution in [2.75, 3.05) is 7.11 Å². The maximum absolute atomic E-state index is 13.8. The molecule has 0 atom stereocenters. The number of methoxy groups -OCH3 is 1. The second kappa shape index (κ2) is 5.55. The van der Waals surface area contributed by atoms with Crippen LogP contribution in [0.5, 0.6) is 5.75 Å². The van der Waals surface area contributed by atoms with Crippen molar-refractivity contribution in [1.29, 1.82) is 0 Å². The predicted molar refractivity (Wildman–Crippen MR) is 67.8 cm³/mol. The topological polar surface area (TPSA) is 26.3 Å². The lowest BCUT2D eigenvalue weighted by Crippen LogP contribution is -2.09. The average molecular weight is 298 g/mol. The van der Waals surface area contributed by atoms with E-state index >= 15 is 0 Å². The van der Waals surface area contributed by atoms with Gasteiger partial charge in [-0.1, -0.05) is 18.2 Å². The summed E-state index contributed by atoms with van der Waals surface area (Å²) in [5.74, 6) is -1.50. The summed E-state index contributed by atoms with van der Waals surface area (Å²) in [5, 5.41) is 0. The highest BCUT2D eigenvalue weighted by atomic mass is 19.4. The van der Waals surface area contributed by atoms with Crippen molar-refractivity contribution >= 4 is 5.78 Å². The van der Waals surface area contributed by atoms with Crippen LogP contribution in [0.1, 0.15) is 21.5 Å². The molecule has 0 N–H and O–H groups in total. The van der Waals surface area contributed by atoms with Crippen molar-refractivity contribution in [2.45, 2.75) is 6.18 Å². The molecule has 0 aromatic heterocycles. The van der Waals surface area contributed by atoms with Crippen LogP contribution in [-0.4, -0.2) is 12.9 Å². The normalized spacial score (nSPS) is 11.3. The molecule has 2 nitrogen and oxygen atoms in total. The first-order chi connectivity index (χ1) is 9.84. The lowest BCUT2D eigenvalue weighted by molar-refractivity contribution is -0.137. The average Bonchev–Trinajstić information content (AvgIpc) is 2.45. The van der Waals surface area contributed by atoms with Gasteiger partial charge in [0.25, 0.3) is 0 Å². The smallest absolute Gasteiger partial charge is 0.416 e. The fourth-order valence-corrected chi connectivity index (χ4v) is 1.85. The number of rotatable bonds is 3. The third kappa shape index (κ3) is 3.04. The highest BCUT2D eigenvalue weighted by Crippen LogP contribution is 2.30. The van der Waals surface area contributed by atoms with Gasteiger partial charge in [0.05, 0.1) is 12.7 Å². The second-order valence-electron chi connectivity index (χ2n) is 4.22. The van der Waals surface area contributed by atoms with Crippen molar-refractivity contribution in [3.63, 3.8) is 0 Å². The van der Waals surface area contributed by atoms with Gasteiger partial charge >= 0.3 is 6.18 Å². The van der Waals surface area contributed by atoms with E-state index in [0.29, 0.717) is 0 Å². The van der Waals surface area contributed by atoms with E-state index in [0.717, 1.165) is 30.3 Å². The van der Waals surface area contributed by atoms with Crippen LogP contribution in [0.15, 0.2) is 42.5 Å². The first-order valence-corrected chi connectivity index (χ1v) is 5.89. The Morgan fingerprint density at radius 2 is 1.67 bits per heavy atom. The predicted octanol–water partition coefficient (Wildman–Crippen LogP) is 4.08. The van der Waals surface area contributed by atoms with Crippen molar-refractivity contribution < 1.29 is 27.1 Å². The van der Waals surface area contributed by atoms with Gasteiger partial charge in [-0.3, -0.25) is 4.79 Å². The Bertz CT molecular complexity index is 660. The number of carbonyl (C=O) groups is 1. The summed E-state index contributed by atoms with van der Waals surface area (Å²) < 4.78 is 56.1.